The Labute approximate surface area is 160 Å². The number of hydrogen-bond donors (Lipinski definition) is 1. The molecule has 0 aliphatic rings. The van der Waals surface area contributed by atoms with Gasteiger partial charge in [0.1, 0.15) is 0 Å². The Bertz CT molecular complexity index is 1150. The van der Waals surface area contributed by atoms with Crippen LogP contribution in [0.3, 0.4) is 0 Å². The summed E-state index contributed by atoms with van der Waals surface area (Å²) in [6, 6.07) is 17.1. The van der Waals surface area contributed by atoms with Crippen LogP contribution in [-0.2, 0) is 4.65 Å². The van der Waals surface area contributed by atoms with Gasteiger partial charge in [0.25, 0.3) is 0 Å². The summed E-state index contributed by atoms with van der Waals surface area (Å²) in [6.07, 6.45) is 3.80. The molecule has 136 valence electrons. The van der Waals surface area contributed by atoms with Crippen molar-refractivity contribution in [2.45, 2.75) is 38.9 Å². The molecule has 0 saturated carbocycles. The van der Waals surface area contributed by atoms with Gasteiger partial charge in [-0.1, -0.05) is 48.5 Å². The SMILES string of the molecule is CC(C)(O)C(C)(C)OBc1cncc2c1ccc1ccc3ccccc3c12. The van der Waals surface area contributed by atoms with Gasteiger partial charge in [-0.2, -0.15) is 0 Å². The third-order valence-electron chi connectivity index (χ3n) is 5.79. The van der Waals surface area contributed by atoms with E-state index in [-0.39, 0.29) is 0 Å². The number of aromatic nitrogens is 1. The summed E-state index contributed by atoms with van der Waals surface area (Å²) in [4.78, 5) is 4.49. The molecule has 0 aliphatic heterocycles. The third-order valence-corrected chi connectivity index (χ3v) is 5.79. The molecule has 1 N–H and O–H groups in total. The van der Waals surface area contributed by atoms with Crippen LogP contribution in [0.4, 0.5) is 0 Å². The monoisotopic (exact) mass is 357 g/mol. The van der Waals surface area contributed by atoms with Crippen molar-refractivity contribution in [2.24, 2.45) is 0 Å². The Morgan fingerprint density at radius 1 is 0.815 bits per heavy atom. The molecule has 0 atom stereocenters. The molecule has 0 bridgehead atoms. The van der Waals surface area contributed by atoms with Gasteiger partial charge >= 0.3 is 7.48 Å². The summed E-state index contributed by atoms with van der Waals surface area (Å²) in [5.74, 6) is 0. The van der Waals surface area contributed by atoms with Gasteiger partial charge in [0.2, 0.25) is 0 Å². The second-order valence-electron chi connectivity index (χ2n) is 8.20. The first kappa shape index (κ1) is 18.0. The summed E-state index contributed by atoms with van der Waals surface area (Å²) < 4.78 is 6.10. The van der Waals surface area contributed by atoms with Gasteiger partial charge in [-0.05, 0) is 60.1 Å². The number of benzene rings is 3. The molecule has 4 aromatic rings. The third kappa shape index (κ3) is 3.09. The number of hydrogen-bond acceptors (Lipinski definition) is 3. The highest BCUT2D eigenvalue weighted by molar-refractivity contribution is 6.52. The fraction of sp³-hybridized carbons (Fsp3) is 0.261. The average molecular weight is 357 g/mol. The van der Waals surface area contributed by atoms with Crippen LogP contribution >= 0.6 is 0 Å². The molecular formula is C23H24BNO2. The van der Waals surface area contributed by atoms with Crippen molar-refractivity contribution < 1.29 is 9.76 Å². The maximum atomic E-state index is 10.4. The molecule has 3 aromatic carbocycles. The van der Waals surface area contributed by atoms with Crippen molar-refractivity contribution >= 4 is 45.3 Å². The van der Waals surface area contributed by atoms with E-state index in [1.54, 1.807) is 13.8 Å². The van der Waals surface area contributed by atoms with Crippen molar-refractivity contribution in [1.29, 1.82) is 0 Å². The number of aliphatic hydroxyl groups is 1. The van der Waals surface area contributed by atoms with Crippen molar-refractivity contribution in [1.82, 2.24) is 4.98 Å². The van der Waals surface area contributed by atoms with Crippen LogP contribution in [0, 0.1) is 0 Å². The molecule has 0 spiro atoms. The van der Waals surface area contributed by atoms with Crippen molar-refractivity contribution in [3.05, 3.63) is 60.9 Å². The molecule has 3 nitrogen and oxygen atoms in total. The quantitative estimate of drug-likeness (QED) is 0.442. The van der Waals surface area contributed by atoms with Crippen LogP contribution in [0.1, 0.15) is 27.7 Å². The van der Waals surface area contributed by atoms with Crippen molar-refractivity contribution in [3.8, 4) is 0 Å². The van der Waals surface area contributed by atoms with E-state index < -0.39 is 11.2 Å². The van der Waals surface area contributed by atoms with Crippen LogP contribution < -0.4 is 5.46 Å². The summed E-state index contributed by atoms with van der Waals surface area (Å²) in [6.45, 7) is 7.37. The normalized spacial score (nSPS) is 12.8. The van der Waals surface area contributed by atoms with Crippen molar-refractivity contribution in [2.75, 3.05) is 0 Å². The predicted octanol–water partition coefficient (Wildman–Crippen LogP) is 4.08. The van der Waals surface area contributed by atoms with Crippen molar-refractivity contribution in [3.63, 3.8) is 0 Å². The summed E-state index contributed by atoms with van der Waals surface area (Å²) in [7, 11) is 0.400. The van der Waals surface area contributed by atoms with E-state index in [1.165, 1.54) is 21.5 Å². The lowest BCUT2D eigenvalue weighted by molar-refractivity contribution is -0.0893. The molecule has 4 rings (SSSR count). The molecule has 0 unspecified atom stereocenters. The molecule has 0 fully saturated rings. The molecule has 1 aromatic heterocycles. The van der Waals surface area contributed by atoms with Crippen LogP contribution in [0.25, 0.3) is 32.3 Å². The first-order valence-electron chi connectivity index (χ1n) is 9.31. The fourth-order valence-corrected chi connectivity index (χ4v) is 3.36. The maximum Gasteiger partial charge on any atom is 0.311 e. The summed E-state index contributed by atoms with van der Waals surface area (Å²) in [5.41, 5.74) is -0.577. The zero-order chi connectivity index (χ0) is 19.2. The topological polar surface area (TPSA) is 42.4 Å². The van der Waals surface area contributed by atoms with E-state index in [0.717, 1.165) is 16.2 Å². The first-order chi connectivity index (χ1) is 12.8. The minimum Gasteiger partial charge on any atom is -0.427 e. The average Bonchev–Trinajstić information content (AvgIpc) is 2.64. The molecular weight excluding hydrogens is 333 g/mol. The summed E-state index contributed by atoms with van der Waals surface area (Å²) in [5, 5.41) is 17.5. The fourth-order valence-electron chi connectivity index (χ4n) is 3.36. The highest BCUT2D eigenvalue weighted by Crippen LogP contribution is 2.31. The van der Waals surface area contributed by atoms with Gasteiger partial charge in [0, 0.05) is 17.8 Å². The lowest BCUT2D eigenvalue weighted by Crippen LogP contribution is -2.49. The number of pyridine rings is 1. The Balaban J connectivity index is 1.87. The standard InChI is InChI=1S/C23H24BNO2/c1-22(2,26)23(3,4)27-24-20-14-25-13-19-18(20)12-11-16-10-9-15-7-5-6-8-17(15)21(16)19/h5-14,24,26H,1-4H3. The first-order valence-corrected chi connectivity index (χ1v) is 9.31. The molecule has 27 heavy (non-hydrogen) atoms. The molecule has 4 heteroatoms. The molecule has 0 aliphatic carbocycles. The minimum atomic E-state index is -0.937. The van der Waals surface area contributed by atoms with Crippen LogP contribution in [0.2, 0.25) is 0 Å². The highest BCUT2D eigenvalue weighted by atomic mass is 16.5. The van der Waals surface area contributed by atoms with Gasteiger partial charge in [0.15, 0.2) is 0 Å². The minimum absolute atomic E-state index is 0.400. The largest absolute Gasteiger partial charge is 0.427 e. The van der Waals surface area contributed by atoms with Gasteiger partial charge in [-0.15, -0.1) is 0 Å². The number of fused-ring (bicyclic) bond motifs is 5. The molecule has 0 amide bonds. The van der Waals surface area contributed by atoms with E-state index in [2.05, 4.69) is 53.5 Å². The number of nitrogens with zero attached hydrogens (tertiary/aromatic N) is 1. The van der Waals surface area contributed by atoms with Crippen LogP contribution in [0.15, 0.2) is 60.9 Å². The Hall–Kier alpha value is -2.43. The van der Waals surface area contributed by atoms with Gasteiger partial charge < -0.3 is 9.76 Å². The van der Waals surface area contributed by atoms with E-state index in [4.69, 9.17) is 4.65 Å². The molecule has 0 saturated heterocycles. The summed E-state index contributed by atoms with van der Waals surface area (Å²) >= 11 is 0. The van der Waals surface area contributed by atoms with Crippen LogP contribution in [0.5, 0.6) is 0 Å². The van der Waals surface area contributed by atoms with Crippen LogP contribution in [-0.4, -0.2) is 28.8 Å². The zero-order valence-corrected chi connectivity index (χ0v) is 16.3. The Kier molecular flexibility index (Phi) is 4.21. The van der Waals surface area contributed by atoms with E-state index in [0.29, 0.717) is 7.48 Å². The Morgan fingerprint density at radius 3 is 2.30 bits per heavy atom. The highest BCUT2D eigenvalue weighted by Gasteiger charge is 2.35. The van der Waals surface area contributed by atoms with E-state index in [1.807, 2.05) is 26.2 Å². The smallest absolute Gasteiger partial charge is 0.311 e. The second-order valence-corrected chi connectivity index (χ2v) is 8.20. The van der Waals surface area contributed by atoms with Gasteiger partial charge in [-0.3, -0.25) is 4.98 Å². The van der Waals surface area contributed by atoms with Gasteiger partial charge in [0.05, 0.1) is 11.2 Å². The van der Waals surface area contributed by atoms with E-state index in [9.17, 15) is 5.11 Å². The number of rotatable bonds is 4. The van der Waals surface area contributed by atoms with Gasteiger partial charge in [-0.25, -0.2) is 0 Å². The molecule has 1 heterocycles. The second kappa shape index (κ2) is 6.33. The lowest BCUT2D eigenvalue weighted by atomic mass is 9.80. The maximum absolute atomic E-state index is 10.4. The molecule has 0 radical (unpaired) electrons. The lowest BCUT2D eigenvalue weighted by Gasteiger charge is -2.37. The predicted molar refractivity (Wildman–Crippen MR) is 115 cm³/mol. The zero-order valence-electron chi connectivity index (χ0n) is 16.3. The Morgan fingerprint density at radius 2 is 1.52 bits per heavy atom. The van der Waals surface area contributed by atoms with E-state index >= 15 is 0 Å².